The Hall–Kier alpha value is 0.394. The second-order valence-corrected chi connectivity index (χ2v) is 10.4. The van der Waals surface area contributed by atoms with E-state index in [1.165, 1.54) is 25.7 Å². The van der Waals surface area contributed by atoms with Crippen LogP contribution in [0.25, 0.3) is 0 Å². The highest BCUT2D eigenvalue weighted by atomic mass is 28.4. The summed E-state index contributed by atoms with van der Waals surface area (Å²) in [5.74, 6) is 0. The van der Waals surface area contributed by atoms with Gasteiger partial charge in [0.1, 0.15) is 18.6 Å². The molecule has 0 aromatic carbocycles. The van der Waals surface area contributed by atoms with Crippen molar-refractivity contribution in [2.75, 3.05) is 7.05 Å². The van der Waals surface area contributed by atoms with E-state index in [1.807, 2.05) is 0 Å². The van der Waals surface area contributed by atoms with E-state index < -0.39 is 8.24 Å². The van der Waals surface area contributed by atoms with Crippen molar-refractivity contribution in [1.82, 2.24) is 4.23 Å². The van der Waals surface area contributed by atoms with Crippen LogP contribution in [0.1, 0.15) is 39.5 Å². The van der Waals surface area contributed by atoms with Crippen molar-refractivity contribution in [2.45, 2.75) is 58.2 Å². The fourth-order valence-electron chi connectivity index (χ4n) is 1.82. The second-order valence-electron chi connectivity index (χ2n) is 4.49. The van der Waals surface area contributed by atoms with E-state index in [0.29, 0.717) is 0 Å². The van der Waals surface area contributed by atoms with E-state index in [9.17, 15) is 0 Å². The van der Waals surface area contributed by atoms with E-state index in [0.717, 1.165) is 5.54 Å². The minimum Gasteiger partial charge on any atom is -0.351 e. The summed E-state index contributed by atoms with van der Waals surface area (Å²) in [6, 6.07) is 0. The van der Waals surface area contributed by atoms with Crippen molar-refractivity contribution >= 4 is 18.6 Å². The first kappa shape index (κ1) is 13.4. The molecule has 0 aromatic rings. The second kappa shape index (κ2) is 5.99. The minimum absolute atomic E-state index is 0.935. The lowest BCUT2D eigenvalue weighted by molar-refractivity contribution is 0.599. The molecule has 0 saturated heterocycles. The summed E-state index contributed by atoms with van der Waals surface area (Å²) < 4.78 is 2.31. The van der Waals surface area contributed by atoms with Crippen LogP contribution in [0.15, 0.2) is 0 Å². The van der Waals surface area contributed by atoms with Gasteiger partial charge in [-0.15, -0.1) is 0 Å². The van der Waals surface area contributed by atoms with Crippen LogP contribution in [0.5, 0.6) is 0 Å². The zero-order chi connectivity index (χ0) is 10.5. The highest BCUT2D eigenvalue weighted by Gasteiger charge is 2.32. The van der Waals surface area contributed by atoms with E-state index in [2.05, 4.69) is 48.6 Å². The maximum Gasteiger partial charge on any atom is 0.135 e. The fraction of sp³-hybridized carbons (Fsp3) is 1.00. The molecule has 0 aliphatic heterocycles. The van der Waals surface area contributed by atoms with E-state index in [1.54, 1.807) is 0 Å². The van der Waals surface area contributed by atoms with Gasteiger partial charge in [-0.1, -0.05) is 52.6 Å². The van der Waals surface area contributed by atoms with Crippen molar-refractivity contribution in [2.24, 2.45) is 0 Å². The molecule has 0 fully saturated rings. The van der Waals surface area contributed by atoms with Gasteiger partial charge in [0.2, 0.25) is 0 Å². The average molecular weight is 214 g/mol. The Balaban J connectivity index is 4.31. The standard InChI is InChI=1S/C10H24NSi2/c1-6-8-10(9-7-2)13(4,5)11(3)12/h10H,6-9H2,1-5H3. The van der Waals surface area contributed by atoms with Crippen LogP contribution in [-0.2, 0) is 0 Å². The van der Waals surface area contributed by atoms with Gasteiger partial charge in [-0.25, -0.2) is 0 Å². The molecule has 0 N–H and O–H groups in total. The predicted octanol–water partition coefficient (Wildman–Crippen LogP) is 3.18. The molecule has 0 rings (SSSR count). The molecule has 3 heteroatoms. The summed E-state index contributed by atoms with van der Waals surface area (Å²) >= 11 is 0. The van der Waals surface area contributed by atoms with Gasteiger partial charge in [-0.3, -0.25) is 0 Å². The monoisotopic (exact) mass is 214 g/mol. The van der Waals surface area contributed by atoms with Crippen LogP contribution < -0.4 is 0 Å². The Morgan fingerprint density at radius 3 is 1.77 bits per heavy atom. The van der Waals surface area contributed by atoms with Crippen LogP contribution in [0, 0.1) is 0 Å². The molecule has 0 spiro atoms. The minimum atomic E-state index is -1.21. The summed E-state index contributed by atoms with van der Waals surface area (Å²) in [4.78, 5) is 0. The van der Waals surface area contributed by atoms with Crippen LogP contribution in [0.4, 0.5) is 0 Å². The summed E-state index contributed by atoms with van der Waals surface area (Å²) in [5.41, 5.74) is 0.935. The zero-order valence-corrected chi connectivity index (χ0v) is 11.9. The molecule has 77 valence electrons. The molecule has 0 aromatic heterocycles. The first-order valence-electron chi connectivity index (χ1n) is 5.41. The first-order chi connectivity index (χ1) is 5.96. The van der Waals surface area contributed by atoms with Crippen LogP contribution in [0.2, 0.25) is 18.6 Å². The van der Waals surface area contributed by atoms with Gasteiger partial charge in [0.15, 0.2) is 0 Å². The molecule has 0 aliphatic carbocycles. The molecule has 0 bridgehead atoms. The summed E-state index contributed by atoms with van der Waals surface area (Å²) in [5, 5.41) is 0. The number of rotatable bonds is 6. The van der Waals surface area contributed by atoms with Crippen molar-refractivity contribution in [3.8, 4) is 0 Å². The fourth-order valence-corrected chi connectivity index (χ4v) is 4.91. The molecule has 13 heavy (non-hydrogen) atoms. The molecular weight excluding hydrogens is 190 g/mol. The third kappa shape index (κ3) is 3.96. The average Bonchev–Trinajstić information content (AvgIpc) is 2.03. The molecule has 0 saturated carbocycles. The Bertz CT molecular complexity index is 129. The van der Waals surface area contributed by atoms with Crippen molar-refractivity contribution < 1.29 is 0 Å². The highest BCUT2D eigenvalue weighted by Crippen LogP contribution is 2.32. The molecule has 0 atom stereocenters. The molecular formula is C10H24NSi2. The summed E-state index contributed by atoms with van der Waals surface area (Å²) in [7, 11) is 4.65. The molecule has 0 aliphatic rings. The third-order valence-electron chi connectivity index (χ3n) is 3.14. The number of nitrogens with zero attached hydrogens (tertiary/aromatic N) is 1. The maximum atomic E-state index is 3.68. The van der Waals surface area contributed by atoms with E-state index >= 15 is 0 Å². The Morgan fingerprint density at radius 2 is 1.54 bits per heavy atom. The van der Waals surface area contributed by atoms with Gasteiger partial charge in [0.05, 0.1) is 0 Å². The quantitative estimate of drug-likeness (QED) is 0.614. The summed E-state index contributed by atoms with van der Waals surface area (Å²) in [6.45, 7) is 9.49. The van der Waals surface area contributed by atoms with E-state index in [4.69, 9.17) is 0 Å². The molecule has 0 unspecified atom stereocenters. The predicted molar refractivity (Wildman–Crippen MR) is 64.6 cm³/mol. The Labute approximate surface area is 88.5 Å². The topological polar surface area (TPSA) is 3.24 Å². The van der Waals surface area contributed by atoms with Crippen molar-refractivity contribution in [3.63, 3.8) is 0 Å². The third-order valence-corrected chi connectivity index (χ3v) is 9.17. The van der Waals surface area contributed by atoms with E-state index in [-0.39, 0.29) is 0 Å². The van der Waals surface area contributed by atoms with Gasteiger partial charge in [-0.05, 0) is 12.6 Å². The van der Waals surface area contributed by atoms with Crippen LogP contribution >= 0.6 is 0 Å². The Kier molecular flexibility index (Phi) is 6.17. The number of hydrogen-bond donors (Lipinski definition) is 0. The molecule has 3 radical (unpaired) electrons. The van der Waals surface area contributed by atoms with Gasteiger partial charge >= 0.3 is 0 Å². The Morgan fingerprint density at radius 1 is 1.15 bits per heavy atom. The van der Waals surface area contributed by atoms with Gasteiger partial charge in [0.25, 0.3) is 0 Å². The lowest BCUT2D eigenvalue weighted by Gasteiger charge is -2.38. The maximum absolute atomic E-state index is 3.68. The first-order valence-corrected chi connectivity index (χ1v) is 8.89. The normalized spacial score (nSPS) is 12.9. The van der Waals surface area contributed by atoms with Crippen LogP contribution in [-0.4, -0.2) is 29.9 Å². The smallest absolute Gasteiger partial charge is 0.135 e. The van der Waals surface area contributed by atoms with Gasteiger partial charge < -0.3 is 4.23 Å². The molecule has 1 nitrogen and oxygen atoms in total. The summed E-state index contributed by atoms with van der Waals surface area (Å²) in [6.07, 6.45) is 5.42. The van der Waals surface area contributed by atoms with Crippen LogP contribution in [0.3, 0.4) is 0 Å². The zero-order valence-electron chi connectivity index (χ0n) is 9.85. The number of hydrogen-bond acceptors (Lipinski definition) is 1. The largest absolute Gasteiger partial charge is 0.351 e. The highest BCUT2D eigenvalue weighted by molar-refractivity contribution is 6.79. The van der Waals surface area contributed by atoms with Gasteiger partial charge in [0, 0.05) is 0 Å². The lowest BCUT2D eigenvalue weighted by Crippen LogP contribution is -2.48. The molecule has 0 heterocycles. The van der Waals surface area contributed by atoms with Gasteiger partial charge in [-0.2, -0.15) is 0 Å². The molecule has 0 amide bonds. The lowest BCUT2D eigenvalue weighted by atomic mass is 10.1. The van der Waals surface area contributed by atoms with Crippen molar-refractivity contribution in [1.29, 1.82) is 0 Å². The van der Waals surface area contributed by atoms with Crippen molar-refractivity contribution in [3.05, 3.63) is 0 Å². The SMILES string of the molecule is CCCC(CCC)[Si](C)(C)N(C)[Si].